The number of allylic oxidation sites excluding steroid dienone is 1. The Morgan fingerprint density at radius 3 is 2.54 bits per heavy atom. The normalized spacial score (nSPS) is 8.62. The lowest BCUT2D eigenvalue weighted by Crippen LogP contribution is -1.93. The molecule has 3 heteroatoms. The molecule has 0 N–H and O–H groups in total. The second kappa shape index (κ2) is 4.17. The molecule has 0 saturated heterocycles. The first-order valence-electron chi connectivity index (χ1n) is 3.68. The summed E-state index contributed by atoms with van der Waals surface area (Å²) in [5.74, 6) is 1.12. The molecule has 0 aliphatic carbocycles. The summed E-state index contributed by atoms with van der Waals surface area (Å²) in [6, 6.07) is 8.87. The number of hydrogen-bond acceptors (Lipinski definition) is 3. The Morgan fingerprint density at radius 1 is 1.38 bits per heavy atom. The average molecular weight is 175 g/mol. The number of nitriles is 1. The standard InChI is InChI=1S/C10H9NO2/c1-8(7-11)13-10-6-4-3-5-9(10)12-2/h3-6H,1H2,2H3. The topological polar surface area (TPSA) is 42.2 Å². The minimum atomic E-state index is 0.0458. The minimum Gasteiger partial charge on any atom is -0.493 e. The van der Waals surface area contributed by atoms with Crippen LogP contribution in [0.5, 0.6) is 11.5 Å². The molecule has 0 aliphatic heterocycles. The van der Waals surface area contributed by atoms with E-state index < -0.39 is 0 Å². The first-order valence-corrected chi connectivity index (χ1v) is 3.68. The zero-order chi connectivity index (χ0) is 9.68. The molecule has 3 nitrogen and oxygen atoms in total. The summed E-state index contributed by atoms with van der Waals surface area (Å²) in [4.78, 5) is 0. The second-order valence-corrected chi connectivity index (χ2v) is 2.29. The van der Waals surface area contributed by atoms with Crippen molar-refractivity contribution in [1.82, 2.24) is 0 Å². The van der Waals surface area contributed by atoms with Crippen LogP contribution in [0.25, 0.3) is 0 Å². The van der Waals surface area contributed by atoms with E-state index in [0.29, 0.717) is 11.5 Å². The van der Waals surface area contributed by atoms with E-state index in [1.165, 1.54) is 7.11 Å². The molecule has 0 atom stereocenters. The fraction of sp³-hybridized carbons (Fsp3) is 0.100. The van der Waals surface area contributed by atoms with Gasteiger partial charge in [0.05, 0.1) is 7.11 Å². The van der Waals surface area contributed by atoms with Crippen molar-refractivity contribution in [2.24, 2.45) is 0 Å². The predicted molar refractivity (Wildman–Crippen MR) is 48.4 cm³/mol. The maximum absolute atomic E-state index is 8.44. The summed E-state index contributed by atoms with van der Waals surface area (Å²) in [5, 5.41) is 8.44. The Hall–Kier alpha value is -1.95. The van der Waals surface area contributed by atoms with Crippen molar-refractivity contribution in [3.63, 3.8) is 0 Å². The third-order valence-corrected chi connectivity index (χ3v) is 1.43. The Bertz CT molecular complexity index is 352. The Kier molecular flexibility index (Phi) is 2.93. The quantitative estimate of drug-likeness (QED) is 0.522. The predicted octanol–water partition coefficient (Wildman–Crippen LogP) is 2.11. The fourth-order valence-electron chi connectivity index (χ4n) is 0.859. The first-order chi connectivity index (χ1) is 6.27. The van der Waals surface area contributed by atoms with E-state index in [1.54, 1.807) is 24.3 Å². The number of rotatable bonds is 3. The summed E-state index contributed by atoms with van der Waals surface area (Å²) in [5.41, 5.74) is 0. The number of ether oxygens (including phenoxy) is 2. The third kappa shape index (κ3) is 2.24. The summed E-state index contributed by atoms with van der Waals surface area (Å²) >= 11 is 0. The molecule has 0 radical (unpaired) electrons. The second-order valence-electron chi connectivity index (χ2n) is 2.29. The number of para-hydroxylation sites is 2. The van der Waals surface area contributed by atoms with Gasteiger partial charge >= 0.3 is 0 Å². The third-order valence-electron chi connectivity index (χ3n) is 1.43. The summed E-state index contributed by atoms with van der Waals surface area (Å²) in [6.45, 7) is 3.40. The highest BCUT2D eigenvalue weighted by molar-refractivity contribution is 5.41. The van der Waals surface area contributed by atoms with Crippen molar-refractivity contribution in [1.29, 1.82) is 5.26 Å². The number of methoxy groups -OCH3 is 1. The van der Waals surface area contributed by atoms with E-state index >= 15 is 0 Å². The largest absolute Gasteiger partial charge is 0.493 e. The number of hydrogen-bond donors (Lipinski definition) is 0. The molecule has 0 fully saturated rings. The highest BCUT2D eigenvalue weighted by Crippen LogP contribution is 2.26. The lowest BCUT2D eigenvalue weighted by atomic mass is 10.3. The van der Waals surface area contributed by atoms with Gasteiger partial charge in [-0.05, 0) is 18.7 Å². The van der Waals surface area contributed by atoms with Crippen LogP contribution in [0.3, 0.4) is 0 Å². The average Bonchev–Trinajstić information content (AvgIpc) is 2.18. The molecule has 0 amide bonds. The summed E-state index contributed by atoms with van der Waals surface area (Å²) < 4.78 is 10.1. The molecule has 0 aliphatic rings. The van der Waals surface area contributed by atoms with Gasteiger partial charge in [0.25, 0.3) is 0 Å². The lowest BCUT2D eigenvalue weighted by molar-refractivity contribution is 0.369. The zero-order valence-corrected chi connectivity index (χ0v) is 7.28. The molecule has 66 valence electrons. The van der Waals surface area contributed by atoms with Crippen LogP contribution in [0.2, 0.25) is 0 Å². The van der Waals surface area contributed by atoms with Crippen LogP contribution in [-0.2, 0) is 0 Å². The van der Waals surface area contributed by atoms with Crippen molar-refractivity contribution in [2.75, 3.05) is 7.11 Å². The lowest BCUT2D eigenvalue weighted by Gasteiger charge is -2.07. The van der Waals surface area contributed by atoms with Gasteiger partial charge in [-0.1, -0.05) is 12.1 Å². The van der Waals surface area contributed by atoms with Gasteiger partial charge in [0.15, 0.2) is 17.3 Å². The zero-order valence-electron chi connectivity index (χ0n) is 7.28. The van der Waals surface area contributed by atoms with Crippen molar-refractivity contribution in [3.05, 3.63) is 36.6 Å². The van der Waals surface area contributed by atoms with Crippen LogP contribution in [0.4, 0.5) is 0 Å². The maximum atomic E-state index is 8.44. The van der Waals surface area contributed by atoms with E-state index in [4.69, 9.17) is 14.7 Å². The molecule has 0 unspecified atom stereocenters. The van der Waals surface area contributed by atoms with Crippen LogP contribution in [0, 0.1) is 11.3 Å². The molecular formula is C10H9NO2. The molecule has 0 spiro atoms. The van der Waals surface area contributed by atoms with Crippen LogP contribution in [0.15, 0.2) is 36.6 Å². The molecule has 13 heavy (non-hydrogen) atoms. The van der Waals surface area contributed by atoms with Crippen LogP contribution < -0.4 is 9.47 Å². The van der Waals surface area contributed by atoms with Crippen LogP contribution in [0.1, 0.15) is 0 Å². The number of nitrogens with zero attached hydrogens (tertiary/aromatic N) is 1. The van der Waals surface area contributed by atoms with Crippen molar-refractivity contribution in [3.8, 4) is 17.6 Å². The molecule has 1 aromatic carbocycles. The van der Waals surface area contributed by atoms with Crippen molar-refractivity contribution in [2.45, 2.75) is 0 Å². The van der Waals surface area contributed by atoms with Gasteiger partial charge in [-0.2, -0.15) is 5.26 Å². The summed E-state index contributed by atoms with van der Waals surface area (Å²) in [6.07, 6.45) is 0. The maximum Gasteiger partial charge on any atom is 0.197 e. The number of benzene rings is 1. The van der Waals surface area contributed by atoms with Crippen LogP contribution in [-0.4, -0.2) is 7.11 Å². The van der Waals surface area contributed by atoms with Gasteiger partial charge in [-0.25, -0.2) is 0 Å². The van der Waals surface area contributed by atoms with Crippen LogP contribution >= 0.6 is 0 Å². The Labute approximate surface area is 76.8 Å². The van der Waals surface area contributed by atoms with E-state index in [2.05, 4.69) is 6.58 Å². The van der Waals surface area contributed by atoms with E-state index in [1.807, 2.05) is 6.07 Å². The minimum absolute atomic E-state index is 0.0458. The van der Waals surface area contributed by atoms with E-state index in [-0.39, 0.29) is 5.76 Å². The highest BCUT2D eigenvalue weighted by Gasteiger charge is 2.03. The van der Waals surface area contributed by atoms with Gasteiger partial charge < -0.3 is 9.47 Å². The smallest absolute Gasteiger partial charge is 0.197 e. The molecule has 0 bridgehead atoms. The van der Waals surface area contributed by atoms with Crippen molar-refractivity contribution >= 4 is 0 Å². The van der Waals surface area contributed by atoms with Gasteiger partial charge in [0.2, 0.25) is 0 Å². The molecular weight excluding hydrogens is 166 g/mol. The Balaban J connectivity index is 2.88. The first kappa shape index (κ1) is 9.14. The molecule has 0 aromatic heterocycles. The van der Waals surface area contributed by atoms with Crippen molar-refractivity contribution < 1.29 is 9.47 Å². The Morgan fingerprint density at radius 2 is 2.00 bits per heavy atom. The van der Waals surface area contributed by atoms with Gasteiger partial charge in [-0.3, -0.25) is 0 Å². The van der Waals surface area contributed by atoms with Gasteiger partial charge in [-0.15, -0.1) is 0 Å². The molecule has 1 aromatic rings. The van der Waals surface area contributed by atoms with E-state index in [0.717, 1.165) is 0 Å². The molecule has 0 saturated carbocycles. The monoisotopic (exact) mass is 175 g/mol. The fourth-order valence-corrected chi connectivity index (χ4v) is 0.859. The SMILES string of the molecule is C=C(C#N)Oc1ccccc1OC. The molecule has 1 rings (SSSR count). The highest BCUT2D eigenvalue weighted by atomic mass is 16.5. The molecule has 0 heterocycles. The summed E-state index contributed by atoms with van der Waals surface area (Å²) in [7, 11) is 1.54. The van der Waals surface area contributed by atoms with Gasteiger partial charge in [0.1, 0.15) is 6.07 Å². The van der Waals surface area contributed by atoms with E-state index in [9.17, 15) is 0 Å². The van der Waals surface area contributed by atoms with Gasteiger partial charge in [0, 0.05) is 0 Å².